The minimum atomic E-state index is -2.74. The van der Waals surface area contributed by atoms with Gasteiger partial charge in [0.2, 0.25) is 5.28 Å². The molecule has 1 N–H and O–H groups in total. The molecule has 0 amide bonds. The van der Waals surface area contributed by atoms with Gasteiger partial charge in [0.25, 0.3) is 5.56 Å². The van der Waals surface area contributed by atoms with Crippen molar-refractivity contribution in [3.05, 3.63) is 44.6 Å². The third kappa shape index (κ3) is 3.47. The standard InChI is InChI=1S/C15H14BrClN5O2P/c1-22-14(23)8-4-5-11(12(25(2,3)24)9(8)6-19-22)20-13-10(16)7-18-15(17)21-13/h4-7H,1-3H3,(H,18,20,21). The zero-order valence-electron chi connectivity index (χ0n) is 13.6. The Balaban J connectivity index is 2.29. The number of aryl methyl sites for hydroxylation is 1. The first-order valence-corrected chi connectivity index (χ1v) is 11.0. The lowest BCUT2D eigenvalue weighted by atomic mass is 10.1. The van der Waals surface area contributed by atoms with Gasteiger partial charge >= 0.3 is 0 Å². The van der Waals surface area contributed by atoms with Gasteiger partial charge in [0.15, 0.2) is 0 Å². The molecule has 0 radical (unpaired) electrons. The SMILES string of the molecule is Cn1ncc2c(P(C)(C)=O)c(Nc3nc(Cl)ncc3Br)ccc2c1=O. The van der Waals surface area contributed by atoms with Crippen LogP contribution in [0.2, 0.25) is 5.28 Å². The summed E-state index contributed by atoms with van der Waals surface area (Å²) in [6.07, 6.45) is 3.08. The first kappa shape index (κ1) is 18.0. The summed E-state index contributed by atoms with van der Waals surface area (Å²) >= 11 is 9.21. The summed E-state index contributed by atoms with van der Waals surface area (Å²) in [4.78, 5) is 20.3. The van der Waals surface area contributed by atoms with Crippen molar-refractivity contribution in [2.24, 2.45) is 7.05 Å². The normalized spacial score (nSPS) is 11.7. The van der Waals surface area contributed by atoms with Gasteiger partial charge in [0.05, 0.1) is 21.7 Å². The van der Waals surface area contributed by atoms with E-state index in [0.29, 0.717) is 32.1 Å². The van der Waals surface area contributed by atoms with Gasteiger partial charge in [0.1, 0.15) is 13.0 Å². The number of halogens is 2. The Morgan fingerprint density at radius 1 is 1.24 bits per heavy atom. The van der Waals surface area contributed by atoms with E-state index in [1.54, 1.807) is 38.7 Å². The van der Waals surface area contributed by atoms with E-state index >= 15 is 0 Å². The lowest BCUT2D eigenvalue weighted by molar-refractivity contribution is 0.588. The number of aromatic nitrogens is 4. The highest BCUT2D eigenvalue weighted by atomic mass is 79.9. The van der Waals surface area contributed by atoms with Crippen molar-refractivity contribution in [2.75, 3.05) is 18.6 Å². The lowest BCUT2D eigenvalue weighted by Crippen LogP contribution is -2.22. The minimum absolute atomic E-state index is 0.0831. The fourth-order valence-corrected chi connectivity index (χ4v) is 4.43. The molecule has 0 bridgehead atoms. The van der Waals surface area contributed by atoms with E-state index in [9.17, 15) is 9.36 Å². The summed E-state index contributed by atoms with van der Waals surface area (Å²) in [6.45, 7) is 3.29. The van der Waals surface area contributed by atoms with Gasteiger partial charge < -0.3 is 9.88 Å². The predicted octanol–water partition coefficient (Wildman–Crippen LogP) is 3.13. The molecule has 130 valence electrons. The third-order valence-electron chi connectivity index (χ3n) is 3.61. The van der Waals surface area contributed by atoms with Crippen LogP contribution in [0.3, 0.4) is 0 Å². The highest BCUT2D eigenvalue weighted by Gasteiger charge is 2.22. The maximum Gasteiger partial charge on any atom is 0.274 e. The van der Waals surface area contributed by atoms with Gasteiger partial charge in [0, 0.05) is 23.9 Å². The molecular formula is C15H14BrClN5O2P. The summed E-state index contributed by atoms with van der Waals surface area (Å²) in [5, 5.41) is 8.82. The number of fused-ring (bicyclic) bond motifs is 1. The van der Waals surface area contributed by atoms with Crippen molar-refractivity contribution in [1.29, 1.82) is 0 Å². The van der Waals surface area contributed by atoms with Crippen LogP contribution in [-0.2, 0) is 11.6 Å². The van der Waals surface area contributed by atoms with Crippen molar-refractivity contribution in [2.45, 2.75) is 0 Å². The minimum Gasteiger partial charge on any atom is -0.339 e. The van der Waals surface area contributed by atoms with Crippen molar-refractivity contribution in [1.82, 2.24) is 19.7 Å². The largest absolute Gasteiger partial charge is 0.339 e. The van der Waals surface area contributed by atoms with Crippen LogP contribution in [0.5, 0.6) is 0 Å². The summed E-state index contributed by atoms with van der Waals surface area (Å²) in [5.74, 6) is 0.436. The van der Waals surface area contributed by atoms with Crippen molar-refractivity contribution >= 4 is 62.3 Å². The first-order valence-electron chi connectivity index (χ1n) is 7.18. The number of rotatable bonds is 3. The Morgan fingerprint density at radius 2 is 1.96 bits per heavy atom. The molecule has 2 heterocycles. The van der Waals surface area contributed by atoms with Crippen LogP contribution < -0.4 is 16.2 Å². The maximum atomic E-state index is 12.9. The van der Waals surface area contributed by atoms with Crippen molar-refractivity contribution in [3.8, 4) is 0 Å². The van der Waals surface area contributed by atoms with Crippen LogP contribution in [0.1, 0.15) is 0 Å². The second kappa shape index (κ2) is 6.52. The van der Waals surface area contributed by atoms with E-state index in [2.05, 4.69) is 36.3 Å². The fourth-order valence-electron chi connectivity index (χ4n) is 2.54. The zero-order chi connectivity index (χ0) is 18.4. The van der Waals surface area contributed by atoms with E-state index < -0.39 is 7.14 Å². The van der Waals surface area contributed by atoms with E-state index in [4.69, 9.17) is 11.6 Å². The molecule has 0 aliphatic carbocycles. The second-order valence-electron chi connectivity index (χ2n) is 5.81. The first-order chi connectivity index (χ1) is 11.7. The molecule has 0 fully saturated rings. The highest BCUT2D eigenvalue weighted by molar-refractivity contribution is 9.10. The Bertz CT molecular complexity index is 1100. The molecule has 0 unspecified atom stereocenters. The molecule has 2 aromatic heterocycles. The number of benzene rings is 1. The van der Waals surface area contributed by atoms with Gasteiger partial charge in [-0.2, -0.15) is 10.1 Å². The second-order valence-corrected chi connectivity index (χ2v) is 10.1. The summed E-state index contributed by atoms with van der Waals surface area (Å²) in [5.41, 5.74) is 0.330. The van der Waals surface area contributed by atoms with Crippen LogP contribution >= 0.6 is 34.7 Å². The molecule has 7 nitrogen and oxygen atoms in total. The number of anilines is 2. The number of hydrogen-bond acceptors (Lipinski definition) is 6. The van der Waals surface area contributed by atoms with Gasteiger partial charge in [-0.15, -0.1) is 0 Å². The monoisotopic (exact) mass is 441 g/mol. The lowest BCUT2D eigenvalue weighted by Gasteiger charge is -2.18. The molecule has 0 saturated carbocycles. The molecule has 0 atom stereocenters. The van der Waals surface area contributed by atoms with Gasteiger partial charge in [-0.3, -0.25) is 4.79 Å². The average Bonchev–Trinajstić information content (AvgIpc) is 2.53. The molecular weight excluding hydrogens is 429 g/mol. The fraction of sp³-hybridized carbons (Fsp3) is 0.200. The molecule has 10 heteroatoms. The Morgan fingerprint density at radius 3 is 2.64 bits per heavy atom. The summed E-state index contributed by atoms with van der Waals surface area (Å²) in [7, 11) is -1.17. The molecule has 0 spiro atoms. The smallest absolute Gasteiger partial charge is 0.274 e. The summed E-state index contributed by atoms with van der Waals surface area (Å²) < 4.78 is 14.8. The predicted molar refractivity (Wildman–Crippen MR) is 104 cm³/mol. The molecule has 3 rings (SSSR count). The third-order valence-corrected chi connectivity index (χ3v) is 5.93. The van der Waals surface area contributed by atoms with E-state index in [0.717, 1.165) is 0 Å². The van der Waals surface area contributed by atoms with E-state index in [-0.39, 0.29) is 10.8 Å². The van der Waals surface area contributed by atoms with Crippen LogP contribution in [-0.4, -0.2) is 33.1 Å². The number of nitrogens with one attached hydrogen (secondary N) is 1. The number of nitrogens with zero attached hydrogens (tertiary/aromatic N) is 4. The van der Waals surface area contributed by atoms with Crippen molar-refractivity contribution < 1.29 is 4.57 Å². The molecule has 0 aliphatic rings. The Hall–Kier alpha value is -1.76. The van der Waals surface area contributed by atoms with Gasteiger partial charge in [-0.05, 0) is 53.0 Å². The Kier molecular flexibility index (Phi) is 4.70. The topological polar surface area (TPSA) is 89.8 Å². The van der Waals surface area contributed by atoms with Crippen molar-refractivity contribution in [3.63, 3.8) is 0 Å². The van der Waals surface area contributed by atoms with Crippen LogP contribution in [0.25, 0.3) is 10.8 Å². The Labute approximate surface area is 156 Å². The van der Waals surface area contributed by atoms with Crippen LogP contribution in [0, 0.1) is 0 Å². The summed E-state index contributed by atoms with van der Waals surface area (Å²) in [6, 6.07) is 3.39. The quantitative estimate of drug-likeness (QED) is 0.495. The van der Waals surface area contributed by atoms with Gasteiger partial charge in [-0.25, -0.2) is 9.67 Å². The molecule has 25 heavy (non-hydrogen) atoms. The highest BCUT2D eigenvalue weighted by Crippen LogP contribution is 2.41. The molecule has 3 aromatic rings. The van der Waals surface area contributed by atoms with E-state index in [1.807, 2.05) is 0 Å². The average molecular weight is 443 g/mol. The number of hydrogen-bond donors (Lipinski definition) is 1. The van der Waals surface area contributed by atoms with Gasteiger partial charge in [-0.1, -0.05) is 0 Å². The zero-order valence-corrected chi connectivity index (χ0v) is 16.9. The molecule has 1 aromatic carbocycles. The van der Waals surface area contributed by atoms with Crippen LogP contribution in [0.4, 0.5) is 11.5 Å². The molecule has 0 aliphatic heterocycles. The maximum absolute atomic E-state index is 12.9. The van der Waals surface area contributed by atoms with E-state index in [1.165, 1.54) is 10.9 Å². The van der Waals surface area contributed by atoms with Crippen LogP contribution in [0.15, 0.2) is 33.8 Å². The molecule has 0 saturated heterocycles.